The molecule has 0 heterocycles. The van der Waals surface area contributed by atoms with Gasteiger partial charge in [0, 0.05) is 25.7 Å². The highest BCUT2D eigenvalue weighted by Gasteiger charge is 2.30. The lowest BCUT2D eigenvalue weighted by atomic mass is 9.99. The van der Waals surface area contributed by atoms with Gasteiger partial charge in [-0.3, -0.25) is 37.3 Å². The fourth-order valence-corrected chi connectivity index (χ4v) is 13.8. The first-order valence-corrected chi connectivity index (χ1v) is 44.2. The lowest BCUT2D eigenvalue weighted by molar-refractivity contribution is -0.161. The molecule has 0 saturated carbocycles. The normalized spacial score (nSPS) is 14.3. The number of unbranched alkanes of at least 4 members (excludes halogenated alkanes) is 42. The molecule has 99 heavy (non-hydrogen) atoms. The topological polar surface area (TPSA) is 237 Å². The monoisotopic (exact) mass is 1450 g/mol. The maximum Gasteiger partial charge on any atom is 0.472 e. The van der Waals surface area contributed by atoms with E-state index in [0.29, 0.717) is 37.5 Å². The van der Waals surface area contributed by atoms with Gasteiger partial charge in [-0.25, -0.2) is 9.13 Å². The molecule has 0 spiro atoms. The van der Waals surface area contributed by atoms with Crippen molar-refractivity contribution in [2.24, 2.45) is 23.7 Å². The first-order valence-electron chi connectivity index (χ1n) is 41.2. The van der Waals surface area contributed by atoms with Crippen molar-refractivity contribution in [2.45, 2.75) is 427 Å². The van der Waals surface area contributed by atoms with Crippen LogP contribution < -0.4 is 0 Å². The van der Waals surface area contributed by atoms with E-state index in [9.17, 15) is 43.2 Å². The molecule has 0 aliphatic heterocycles. The van der Waals surface area contributed by atoms with Gasteiger partial charge in [0.05, 0.1) is 26.4 Å². The van der Waals surface area contributed by atoms with Gasteiger partial charge in [0.25, 0.3) is 0 Å². The van der Waals surface area contributed by atoms with Crippen molar-refractivity contribution in [1.29, 1.82) is 0 Å². The molecule has 19 heteroatoms. The quantitative estimate of drug-likeness (QED) is 0.0222. The number of phosphoric acid groups is 2. The van der Waals surface area contributed by atoms with Crippen molar-refractivity contribution in [3.8, 4) is 0 Å². The second-order valence-electron chi connectivity index (χ2n) is 30.5. The number of carbonyl (C=O) groups is 4. The van der Waals surface area contributed by atoms with Crippen LogP contribution in [0.4, 0.5) is 0 Å². The van der Waals surface area contributed by atoms with E-state index in [1.165, 1.54) is 205 Å². The molecule has 0 aliphatic carbocycles. The van der Waals surface area contributed by atoms with Gasteiger partial charge in [-0.2, -0.15) is 0 Å². The number of hydrogen-bond acceptors (Lipinski definition) is 15. The SMILES string of the molecule is CCC(C)CCCCCCCCCCCCCCCCCCCCC(=O)O[C@H](COC(=O)CCCCCCCCCCCCCCCCCCC(C)C)COP(=O)(O)OC[C@@H](O)COP(=O)(O)OC[C@@H](COC(=O)CCCCCCCCC(C)C)OC(=O)CCCCCCCCC(C)C. The predicted molar refractivity (Wildman–Crippen MR) is 404 cm³/mol. The number of hydrogen-bond donors (Lipinski definition) is 3. The highest BCUT2D eigenvalue weighted by molar-refractivity contribution is 7.47. The van der Waals surface area contributed by atoms with Gasteiger partial charge >= 0.3 is 39.5 Å². The third-order valence-electron chi connectivity index (χ3n) is 18.9. The van der Waals surface area contributed by atoms with Crippen molar-refractivity contribution in [1.82, 2.24) is 0 Å². The van der Waals surface area contributed by atoms with Crippen molar-refractivity contribution in [3.63, 3.8) is 0 Å². The Hall–Kier alpha value is -1.94. The van der Waals surface area contributed by atoms with Crippen molar-refractivity contribution in [3.05, 3.63) is 0 Å². The Kier molecular flexibility index (Phi) is 67.8. The second kappa shape index (κ2) is 69.1. The van der Waals surface area contributed by atoms with E-state index in [4.69, 9.17) is 37.0 Å². The van der Waals surface area contributed by atoms with Crippen LogP contribution in [-0.4, -0.2) is 96.7 Å². The number of aliphatic hydroxyl groups is 1. The molecule has 0 aromatic heterocycles. The standard InChI is InChI=1S/C80H156O17P2/c1-9-73(8)59-51-43-33-29-25-21-17-12-10-11-13-19-23-27-31-35-46-54-62-79(84)96-75(66-90-77(82)60-52-44-34-30-26-22-18-15-14-16-20-24-28-32-40-48-56-70(2)3)68-94-98(86,87)92-64-74(81)65-93-99(88,89)95-69-76(97-80(85)63-55-47-39-37-42-50-58-72(6)7)67-91-78(83)61-53-45-38-36-41-49-57-71(4)5/h70-76,81H,9-69H2,1-8H3,(H,86,87)(H,88,89)/t73?,74-,75-,76-/m1/s1. The first kappa shape index (κ1) is 97.1. The van der Waals surface area contributed by atoms with Gasteiger partial charge in [-0.05, 0) is 49.4 Å². The van der Waals surface area contributed by atoms with Crippen molar-refractivity contribution < 1.29 is 80.2 Å². The number of esters is 4. The summed E-state index contributed by atoms with van der Waals surface area (Å²) in [6.45, 7) is 14.1. The predicted octanol–water partition coefficient (Wildman–Crippen LogP) is 23.6. The number of ether oxygens (including phenoxy) is 4. The van der Waals surface area contributed by atoms with Crippen molar-refractivity contribution >= 4 is 39.5 Å². The lowest BCUT2D eigenvalue weighted by Gasteiger charge is -2.21. The third kappa shape index (κ3) is 72.8. The Labute approximate surface area is 607 Å². The summed E-state index contributed by atoms with van der Waals surface area (Å²) >= 11 is 0. The van der Waals surface area contributed by atoms with Gasteiger partial charge in [0.2, 0.25) is 0 Å². The average molecular weight is 1450 g/mol. The summed E-state index contributed by atoms with van der Waals surface area (Å²) in [5, 5.41) is 10.6. The molecule has 0 saturated heterocycles. The van der Waals surface area contributed by atoms with E-state index in [1.807, 2.05) is 0 Å². The molecule has 0 radical (unpaired) electrons. The Bertz CT molecular complexity index is 1940. The van der Waals surface area contributed by atoms with Crippen LogP contribution in [0.2, 0.25) is 0 Å². The van der Waals surface area contributed by atoms with Crippen LogP contribution in [0.25, 0.3) is 0 Å². The Morgan fingerprint density at radius 2 is 0.485 bits per heavy atom. The second-order valence-corrected chi connectivity index (χ2v) is 33.4. The Morgan fingerprint density at radius 1 is 0.283 bits per heavy atom. The van der Waals surface area contributed by atoms with Crippen LogP contribution in [-0.2, 0) is 65.4 Å². The van der Waals surface area contributed by atoms with Crippen LogP contribution >= 0.6 is 15.6 Å². The molecule has 17 nitrogen and oxygen atoms in total. The van der Waals surface area contributed by atoms with Gasteiger partial charge in [-0.15, -0.1) is 0 Å². The molecular formula is C80H156O17P2. The molecular weight excluding hydrogens is 1290 g/mol. The molecule has 0 aromatic rings. The largest absolute Gasteiger partial charge is 0.472 e. The van der Waals surface area contributed by atoms with Crippen LogP contribution in [0.5, 0.6) is 0 Å². The fourth-order valence-electron chi connectivity index (χ4n) is 12.2. The number of phosphoric ester groups is 2. The first-order chi connectivity index (χ1) is 47.6. The number of rotatable bonds is 77. The molecule has 0 fully saturated rings. The van der Waals surface area contributed by atoms with E-state index < -0.39 is 97.5 Å². The van der Waals surface area contributed by atoms with E-state index in [1.54, 1.807) is 0 Å². The highest BCUT2D eigenvalue weighted by atomic mass is 31.2. The molecule has 6 atom stereocenters. The Morgan fingerprint density at radius 3 is 0.717 bits per heavy atom. The maximum atomic E-state index is 13.1. The smallest absolute Gasteiger partial charge is 0.462 e. The molecule has 0 aliphatic rings. The minimum Gasteiger partial charge on any atom is -0.462 e. The van der Waals surface area contributed by atoms with E-state index in [-0.39, 0.29) is 25.7 Å². The lowest BCUT2D eigenvalue weighted by Crippen LogP contribution is -2.30. The summed E-state index contributed by atoms with van der Waals surface area (Å²) in [4.78, 5) is 72.8. The molecule has 588 valence electrons. The molecule has 3 N–H and O–H groups in total. The minimum atomic E-state index is -4.96. The number of carbonyl (C=O) groups excluding carboxylic acids is 4. The zero-order valence-corrected chi connectivity index (χ0v) is 66.9. The minimum absolute atomic E-state index is 0.101. The molecule has 0 bridgehead atoms. The van der Waals surface area contributed by atoms with Gasteiger partial charge < -0.3 is 33.8 Å². The zero-order chi connectivity index (χ0) is 73.1. The summed E-state index contributed by atoms with van der Waals surface area (Å²) in [6.07, 6.45) is 56.1. The molecule has 0 aromatic carbocycles. The third-order valence-corrected chi connectivity index (χ3v) is 20.8. The van der Waals surface area contributed by atoms with Crippen LogP contribution in [0.1, 0.15) is 409 Å². The number of aliphatic hydroxyl groups excluding tert-OH is 1. The van der Waals surface area contributed by atoms with Gasteiger partial charge in [0.15, 0.2) is 12.2 Å². The summed E-state index contributed by atoms with van der Waals surface area (Å²) in [6, 6.07) is 0. The zero-order valence-electron chi connectivity index (χ0n) is 65.1. The molecule has 3 unspecified atom stereocenters. The maximum absolute atomic E-state index is 13.1. The average Bonchev–Trinajstić information content (AvgIpc) is 1.10. The fraction of sp³-hybridized carbons (Fsp3) is 0.950. The van der Waals surface area contributed by atoms with Crippen LogP contribution in [0.15, 0.2) is 0 Å². The van der Waals surface area contributed by atoms with Gasteiger partial charge in [-0.1, -0.05) is 357 Å². The Balaban J connectivity index is 5.16. The molecule has 0 amide bonds. The summed E-state index contributed by atoms with van der Waals surface area (Å²) in [5.74, 6) is 0.909. The van der Waals surface area contributed by atoms with Crippen LogP contribution in [0, 0.1) is 23.7 Å². The van der Waals surface area contributed by atoms with Crippen molar-refractivity contribution in [2.75, 3.05) is 39.6 Å². The van der Waals surface area contributed by atoms with E-state index in [0.717, 1.165) is 108 Å². The molecule has 0 rings (SSSR count). The van der Waals surface area contributed by atoms with Gasteiger partial charge in [0.1, 0.15) is 19.3 Å². The van der Waals surface area contributed by atoms with Crippen LogP contribution in [0.3, 0.4) is 0 Å². The highest BCUT2D eigenvalue weighted by Crippen LogP contribution is 2.45. The van der Waals surface area contributed by atoms with E-state index in [2.05, 4.69) is 55.4 Å². The summed E-state index contributed by atoms with van der Waals surface area (Å²) < 4.78 is 68.5. The summed E-state index contributed by atoms with van der Waals surface area (Å²) in [7, 11) is -9.91. The summed E-state index contributed by atoms with van der Waals surface area (Å²) in [5.41, 5.74) is 0. The van der Waals surface area contributed by atoms with E-state index >= 15 is 0 Å².